The summed E-state index contributed by atoms with van der Waals surface area (Å²) >= 11 is 1.97. The highest BCUT2D eigenvalue weighted by atomic mass is 79.9. The zero-order valence-electron chi connectivity index (χ0n) is 20.3. The van der Waals surface area contributed by atoms with Crippen molar-refractivity contribution >= 4 is 15.9 Å². The van der Waals surface area contributed by atoms with Crippen LogP contribution in [0.1, 0.15) is 63.0 Å². The Hall–Kier alpha value is -2.21. The summed E-state index contributed by atoms with van der Waals surface area (Å²) in [6.45, 7) is 2.26. The van der Waals surface area contributed by atoms with E-state index in [0.29, 0.717) is 5.56 Å². The molecule has 1 aliphatic rings. The van der Waals surface area contributed by atoms with Crippen molar-refractivity contribution in [1.29, 1.82) is 0 Å². The van der Waals surface area contributed by atoms with E-state index in [0.717, 1.165) is 36.0 Å². The van der Waals surface area contributed by atoms with Crippen molar-refractivity contribution in [2.75, 3.05) is 0 Å². The minimum atomic E-state index is -3.86. The molecule has 1 aliphatic carbocycles. The Morgan fingerprint density at radius 2 is 1.25 bits per heavy atom. The van der Waals surface area contributed by atoms with E-state index in [-0.39, 0.29) is 11.1 Å². The average molecular weight is 565 g/mol. The van der Waals surface area contributed by atoms with Gasteiger partial charge in [-0.15, -0.1) is 0 Å². The van der Waals surface area contributed by atoms with E-state index in [1.807, 2.05) is 28.1 Å². The Bertz CT molecular complexity index is 1150. The first-order valence-corrected chi connectivity index (χ1v) is 13.4. The molecule has 0 unspecified atom stereocenters. The van der Waals surface area contributed by atoms with Crippen LogP contribution in [0.5, 0.6) is 0 Å². The summed E-state index contributed by atoms with van der Waals surface area (Å²) in [5.74, 6) is -1.87. The van der Waals surface area contributed by atoms with E-state index in [1.54, 1.807) is 6.07 Å². The highest BCUT2D eigenvalue weighted by molar-refractivity contribution is 9.09. The zero-order chi connectivity index (χ0) is 25.9. The second-order valence-electron chi connectivity index (χ2n) is 9.92. The van der Waals surface area contributed by atoms with Gasteiger partial charge < -0.3 is 0 Å². The molecule has 0 amide bonds. The Balaban J connectivity index is 1.42. The molecule has 36 heavy (non-hydrogen) atoms. The van der Waals surface area contributed by atoms with Gasteiger partial charge in [0.2, 0.25) is 0 Å². The second kappa shape index (κ2) is 11.5. The fourth-order valence-electron chi connectivity index (χ4n) is 5.38. The van der Waals surface area contributed by atoms with E-state index in [1.165, 1.54) is 62.6 Å². The molecule has 3 aromatic rings. The van der Waals surface area contributed by atoms with Crippen LogP contribution < -0.4 is 0 Å². The van der Waals surface area contributed by atoms with Crippen molar-refractivity contribution in [3.63, 3.8) is 0 Å². The maximum atomic E-state index is 14.9. The Kier molecular flexibility index (Phi) is 8.54. The molecule has 0 nitrogen and oxygen atoms in total. The van der Waals surface area contributed by atoms with Crippen LogP contribution in [-0.4, -0.2) is 0 Å². The molecule has 0 heterocycles. The number of aryl methyl sites for hydroxylation is 1. The first-order chi connectivity index (χ1) is 17.2. The van der Waals surface area contributed by atoms with Gasteiger partial charge in [0.05, 0.1) is 0 Å². The third-order valence-electron chi connectivity index (χ3n) is 7.40. The highest BCUT2D eigenvalue weighted by Crippen LogP contribution is 2.40. The number of rotatable bonds is 8. The topological polar surface area (TPSA) is 0 Å². The number of hydrogen-bond acceptors (Lipinski definition) is 0. The Morgan fingerprint density at radius 3 is 1.78 bits per heavy atom. The van der Waals surface area contributed by atoms with E-state index in [2.05, 4.69) is 19.1 Å². The molecular formula is C30H30BrF5. The van der Waals surface area contributed by atoms with Gasteiger partial charge >= 0.3 is 4.83 Å². The predicted molar refractivity (Wildman–Crippen MR) is 139 cm³/mol. The number of halogens is 6. The maximum Gasteiger partial charge on any atom is 0.332 e. The van der Waals surface area contributed by atoms with Crippen LogP contribution >= 0.6 is 15.9 Å². The summed E-state index contributed by atoms with van der Waals surface area (Å²) in [5, 5.41) is 0. The summed E-state index contributed by atoms with van der Waals surface area (Å²) in [6, 6.07) is 13.8. The standard InChI is InChI=1S/C30H30BrF5/c1-2-3-19-4-6-20(7-5-19)8-9-21-10-12-22(13-11-21)23-14-15-25(26(32)16-23)24-17-27(33)29(28(34)18-24)30(31,35)36/h10-20H,2-9H2,1H3. The van der Waals surface area contributed by atoms with Gasteiger partial charge in [0, 0.05) is 5.56 Å². The molecule has 0 aromatic heterocycles. The zero-order valence-corrected chi connectivity index (χ0v) is 21.9. The van der Waals surface area contributed by atoms with Crippen LogP contribution in [0.25, 0.3) is 22.3 Å². The molecule has 0 atom stereocenters. The second-order valence-corrected chi connectivity index (χ2v) is 10.9. The predicted octanol–water partition coefficient (Wildman–Crippen LogP) is 10.4. The number of benzene rings is 3. The summed E-state index contributed by atoms with van der Waals surface area (Å²) in [4.78, 5) is -3.86. The van der Waals surface area contributed by atoms with Crippen molar-refractivity contribution in [3.05, 3.63) is 83.2 Å². The molecule has 0 spiro atoms. The molecule has 1 fully saturated rings. The molecule has 0 bridgehead atoms. The van der Waals surface area contributed by atoms with Crippen LogP contribution in [-0.2, 0) is 11.3 Å². The monoisotopic (exact) mass is 564 g/mol. The van der Waals surface area contributed by atoms with Gasteiger partial charge in [-0.3, -0.25) is 0 Å². The van der Waals surface area contributed by atoms with Crippen molar-refractivity contribution in [3.8, 4) is 22.3 Å². The SMILES string of the molecule is CCCC1CCC(CCc2ccc(-c3ccc(-c4cc(F)c(C(F)(F)Br)c(F)c4)c(F)c3)cc2)CC1. The van der Waals surface area contributed by atoms with Gasteiger partial charge in [0.25, 0.3) is 0 Å². The maximum absolute atomic E-state index is 14.9. The van der Waals surface area contributed by atoms with Crippen LogP contribution in [0.4, 0.5) is 22.0 Å². The van der Waals surface area contributed by atoms with Crippen molar-refractivity contribution < 1.29 is 22.0 Å². The van der Waals surface area contributed by atoms with Crippen molar-refractivity contribution in [1.82, 2.24) is 0 Å². The molecule has 0 radical (unpaired) electrons. The molecule has 1 saturated carbocycles. The fraction of sp³-hybridized carbons (Fsp3) is 0.400. The lowest BCUT2D eigenvalue weighted by molar-refractivity contribution is 0.105. The summed E-state index contributed by atoms with van der Waals surface area (Å²) < 4.78 is 70.0. The lowest BCUT2D eigenvalue weighted by Gasteiger charge is -2.28. The molecule has 0 N–H and O–H groups in total. The first-order valence-electron chi connectivity index (χ1n) is 12.6. The quantitative estimate of drug-likeness (QED) is 0.188. The highest BCUT2D eigenvalue weighted by Gasteiger charge is 2.35. The largest absolute Gasteiger partial charge is 0.332 e. The Labute approximate surface area is 218 Å². The number of alkyl halides is 3. The third kappa shape index (κ3) is 6.37. The molecule has 0 saturated heterocycles. The summed E-state index contributed by atoms with van der Waals surface area (Å²) in [7, 11) is 0. The summed E-state index contributed by atoms with van der Waals surface area (Å²) in [6.07, 6.45) is 10.2. The minimum absolute atomic E-state index is 0.0636. The summed E-state index contributed by atoms with van der Waals surface area (Å²) in [5.41, 5.74) is 1.10. The van der Waals surface area contributed by atoms with E-state index in [9.17, 15) is 22.0 Å². The first kappa shape index (κ1) is 26.8. The molecule has 192 valence electrons. The lowest BCUT2D eigenvalue weighted by atomic mass is 9.78. The normalized spacial score (nSPS) is 18.4. The van der Waals surface area contributed by atoms with E-state index < -0.39 is 27.8 Å². The van der Waals surface area contributed by atoms with Crippen LogP contribution in [0.3, 0.4) is 0 Å². The molecule has 6 heteroatoms. The smallest absolute Gasteiger partial charge is 0.206 e. The van der Waals surface area contributed by atoms with Gasteiger partial charge in [0.15, 0.2) is 0 Å². The molecule has 4 rings (SSSR count). The Morgan fingerprint density at radius 1 is 0.722 bits per heavy atom. The lowest BCUT2D eigenvalue weighted by Crippen LogP contribution is -2.15. The van der Waals surface area contributed by atoms with E-state index in [4.69, 9.17) is 0 Å². The van der Waals surface area contributed by atoms with Crippen LogP contribution in [0.2, 0.25) is 0 Å². The van der Waals surface area contributed by atoms with Crippen LogP contribution in [0, 0.1) is 29.3 Å². The molecular weight excluding hydrogens is 535 g/mol. The average Bonchev–Trinajstić information content (AvgIpc) is 2.83. The van der Waals surface area contributed by atoms with Gasteiger partial charge in [0.1, 0.15) is 23.0 Å². The van der Waals surface area contributed by atoms with Crippen LogP contribution in [0.15, 0.2) is 54.6 Å². The molecule has 3 aromatic carbocycles. The van der Waals surface area contributed by atoms with E-state index >= 15 is 0 Å². The van der Waals surface area contributed by atoms with Gasteiger partial charge in [-0.2, -0.15) is 8.78 Å². The number of hydrogen-bond donors (Lipinski definition) is 0. The van der Waals surface area contributed by atoms with Crippen molar-refractivity contribution in [2.24, 2.45) is 11.8 Å². The van der Waals surface area contributed by atoms with Crippen molar-refractivity contribution in [2.45, 2.75) is 63.1 Å². The minimum Gasteiger partial charge on any atom is -0.206 e. The van der Waals surface area contributed by atoms with Gasteiger partial charge in [-0.25, -0.2) is 13.2 Å². The van der Waals surface area contributed by atoms with Gasteiger partial charge in [-0.1, -0.05) is 81.8 Å². The third-order valence-corrected chi connectivity index (χ3v) is 7.79. The molecule has 0 aliphatic heterocycles. The fourth-order valence-corrected chi connectivity index (χ4v) is 5.76. The van der Waals surface area contributed by atoms with Gasteiger partial charge in [-0.05, 0) is 81.1 Å².